The summed E-state index contributed by atoms with van der Waals surface area (Å²) in [5.41, 5.74) is 0.526. The third-order valence-electron chi connectivity index (χ3n) is 4.76. The molecule has 14 heteroatoms. The number of anilines is 1. The normalized spacial score (nSPS) is 13.7. The summed E-state index contributed by atoms with van der Waals surface area (Å²) in [5, 5.41) is 18.0. The van der Waals surface area contributed by atoms with E-state index in [0.29, 0.717) is 16.5 Å². The van der Waals surface area contributed by atoms with Gasteiger partial charge < -0.3 is 25.2 Å². The second-order valence-corrected chi connectivity index (χ2v) is 9.72. The van der Waals surface area contributed by atoms with Crippen molar-refractivity contribution in [3.8, 4) is 5.75 Å². The molecule has 1 saturated heterocycles. The van der Waals surface area contributed by atoms with Crippen LogP contribution in [0.25, 0.3) is 0 Å². The maximum atomic E-state index is 12.8. The highest BCUT2D eigenvalue weighted by atomic mass is 35.5. The number of rotatable bonds is 6. The van der Waals surface area contributed by atoms with E-state index < -0.39 is 22.0 Å². The zero-order valence-electron chi connectivity index (χ0n) is 19.1. The summed E-state index contributed by atoms with van der Waals surface area (Å²) in [6.45, 7) is 2.22. The number of ether oxygens (including phenoxy) is 1. The number of nitrogens with zero attached hydrogens (tertiary/aromatic N) is 2. The SMILES string of the molecule is CC(=O)Nc1ccc(S(=O)(=O)N2CCN(C(=O)COc3ccc(Cl)cc3)CC2)cc1.O=C(O)C(=O)O. The monoisotopic (exact) mass is 541 g/mol. The standard InChI is InChI=1S/C20H22ClN3O5S.C2H2O4/c1-15(25)22-17-4-8-19(9-5-17)30(27,28)24-12-10-23(11-13-24)20(26)14-29-18-6-2-16(21)3-7-18;3-1(4)2(5)6/h2-9H,10-14H2,1H3,(H,22,25);(H,3,4)(H,5,6). The van der Waals surface area contributed by atoms with Crippen molar-refractivity contribution in [2.24, 2.45) is 0 Å². The van der Waals surface area contributed by atoms with E-state index >= 15 is 0 Å². The summed E-state index contributed by atoms with van der Waals surface area (Å²) in [6, 6.07) is 12.7. The van der Waals surface area contributed by atoms with Crippen molar-refractivity contribution in [1.29, 1.82) is 0 Å². The first kappa shape index (κ1) is 28.6. The zero-order valence-corrected chi connectivity index (χ0v) is 20.7. The second kappa shape index (κ2) is 12.9. The Morgan fingerprint density at radius 2 is 1.44 bits per heavy atom. The van der Waals surface area contributed by atoms with E-state index in [1.807, 2.05) is 0 Å². The van der Waals surface area contributed by atoms with Gasteiger partial charge in [-0.25, -0.2) is 18.0 Å². The van der Waals surface area contributed by atoms with Gasteiger partial charge in [0.2, 0.25) is 15.9 Å². The van der Waals surface area contributed by atoms with Gasteiger partial charge in [-0.15, -0.1) is 0 Å². The molecular weight excluding hydrogens is 518 g/mol. The summed E-state index contributed by atoms with van der Waals surface area (Å²) in [7, 11) is -3.68. The van der Waals surface area contributed by atoms with Crippen molar-refractivity contribution in [3.63, 3.8) is 0 Å². The molecular formula is C22H24ClN3O9S. The molecule has 2 amide bonds. The molecule has 2 aromatic rings. The molecule has 1 aliphatic rings. The number of carbonyl (C=O) groups excluding carboxylic acids is 2. The predicted molar refractivity (Wildman–Crippen MR) is 128 cm³/mol. The van der Waals surface area contributed by atoms with Gasteiger partial charge in [0, 0.05) is 43.8 Å². The quantitative estimate of drug-likeness (QED) is 0.457. The second-order valence-electron chi connectivity index (χ2n) is 7.34. The van der Waals surface area contributed by atoms with Gasteiger partial charge in [-0.2, -0.15) is 4.31 Å². The molecule has 1 aliphatic heterocycles. The van der Waals surface area contributed by atoms with Gasteiger partial charge in [0.1, 0.15) is 5.75 Å². The van der Waals surface area contributed by atoms with Crippen molar-refractivity contribution in [3.05, 3.63) is 53.6 Å². The number of amides is 2. The van der Waals surface area contributed by atoms with E-state index in [2.05, 4.69) is 5.32 Å². The highest BCUT2D eigenvalue weighted by Crippen LogP contribution is 2.20. The molecule has 0 aromatic heterocycles. The average molecular weight is 542 g/mol. The Bertz CT molecular complexity index is 1180. The van der Waals surface area contributed by atoms with Crippen LogP contribution in [0, 0.1) is 0 Å². The van der Waals surface area contributed by atoms with Crippen molar-refractivity contribution in [2.75, 3.05) is 38.1 Å². The van der Waals surface area contributed by atoms with Crippen LogP contribution in [-0.4, -0.2) is 84.4 Å². The van der Waals surface area contributed by atoms with E-state index in [1.54, 1.807) is 41.3 Å². The molecule has 194 valence electrons. The van der Waals surface area contributed by atoms with Crippen molar-refractivity contribution in [1.82, 2.24) is 9.21 Å². The van der Waals surface area contributed by atoms with Crippen LogP contribution in [0.2, 0.25) is 5.02 Å². The first-order valence-electron chi connectivity index (χ1n) is 10.4. The minimum absolute atomic E-state index is 0.126. The van der Waals surface area contributed by atoms with Crippen LogP contribution in [0.15, 0.2) is 53.4 Å². The summed E-state index contributed by atoms with van der Waals surface area (Å²) in [5.74, 6) is -3.55. The number of nitrogens with one attached hydrogen (secondary N) is 1. The van der Waals surface area contributed by atoms with Gasteiger partial charge in [0.05, 0.1) is 4.90 Å². The topological polar surface area (TPSA) is 171 Å². The van der Waals surface area contributed by atoms with Crippen LogP contribution in [0.1, 0.15) is 6.92 Å². The number of aliphatic carboxylic acids is 2. The lowest BCUT2D eigenvalue weighted by Gasteiger charge is -2.34. The number of sulfonamides is 1. The van der Waals surface area contributed by atoms with E-state index in [0.717, 1.165) is 0 Å². The Balaban J connectivity index is 0.000000678. The first-order valence-corrected chi connectivity index (χ1v) is 12.2. The van der Waals surface area contributed by atoms with Crippen molar-refractivity contribution < 1.29 is 42.5 Å². The van der Waals surface area contributed by atoms with E-state index in [-0.39, 0.29) is 49.5 Å². The Morgan fingerprint density at radius 3 is 1.92 bits per heavy atom. The number of benzene rings is 2. The zero-order chi connectivity index (χ0) is 26.9. The Kier molecular flexibility index (Phi) is 10.2. The van der Waals surface area contributed by atoms with Gasteiger partial charge in [-0.3, -0.25) is 9.59 Å². The van der Waals surface area contributed by atoms with E-state index in [1.165, 1.54) is 23.4 Å². The fourth-order valence-corrected chi connectivity index (χ4v) is 4.56. The number of carboxylic acid groups (broad SMARTS) is 2. The molecule has 36 heavy (non-hydrogen) atoms. The predicted octanol–water partition coefficient (Wildman–Crippen LogP) is 1.37. The third kappa shape index (κ3) is 8.52. The number of hydrogen-bond acceptors (Lipinski definition) is 7. The maximum absolute atomic E-state index is 12.8. The lowest BCUT2D eigenvalue weighted by Crippen LogP contribution is -2.51. The van der Waals surface area contributed by atoms with Crippen LogP contribution in [0.3, 0.4) is 0 Å². The largest absolute Gasteiger partial charge is 0.484 e. The molecule has 0 radical (unpaired) electrons. The number of piperazine rings is 1. The minimum atomic E-state index is -3.68. The summed E-state index contributed by atoms with van der Waals surface area (Å²) in [4.78, 5) is 43.4. The molecule has 1 heterocycles. The van der Waals surface area contributed by atoms with Gasteiger partial charge in [0.25, 0.3) is 5.91 Å². The van der Waals surface area contributed by atoms with Crippen LogP contribution in [0.4, 0.5) is 5.69 Å². The third-order valence-corrected chi connectivity index (χ3v) is 6.93. The van der Waals surface area contributed by atoms with E-state index in [4.69, 9.17) is 36.1 Å². The Labute approximate surface area is 212 Å². The summed E-state index contributed by atoms with van der Waals surface area (Å²) >= 11 is 5.82. The lowest BCUT2D eigenvalue weighted by molar-refractivity contribution is -0.159. The average Bonchev–Trinajstić information content (AvgIpc) is 2.84. The smallest absolute Gasteiger partial charge is 0.414 e. The number of hydrogen-bond donors (Lipinski definition) is 3. The molecule has 0 saturated carbocycles. The van der Waals surface area contributed by atoms with Crippen molar-refractivity contribution in [2.45, 2.75) is 11.8 Å². The molecule has 0 unspecified atom stereocenters. The van der Waals surface area contributed by atoms with Gasteiger partial charge >= 0.3 is 11.9 Å². The van der Waals surface area contributed by atoms with Crippen LogP contribution in [-0.2, 0) is 29.2 Å². The molecule has 0 bridgehead atoms. The summed E-state index contributed by atoms with van der Waals surface area (Å²) < 4.78 is 32.5. The Morgan fingerprint density at radius 1 is 0.917 bits per heavy atom. The highest BCUT2D eigenvalue weighted by molar-refractivity contribution is 7.89. The molecule has 12 nitrogen and oxygen atoms in total. The van der Waals surface area contributed by atoms with Gasteiger partial charge in [-0.05, 0) is 48.5 Å². The first-order chi connectivity index (χ1) is 16.9. The van der Waals surface area contributed by atoms with Gasteiger partial charge in [-0.1, -0.05) is 11.6 Å². The molecule has 3 N–H and O–H groups in total. The fraction of sp³-hybridized carbons (Fsp3) is 0.273. The van der Waals surface area contributed by atoms with Crippen LogP contribution < -0.4 is 10.1 Å². The van der Waals surface area contributed by atoms with Crippen LogP contribution >= 0.6 is 11.6 Å². The van der Waals surface area contributed by atoms with E-state index in [9.17, 15) is 18.0 Å². The minimum Gasteiger partial charge on any atom is -0.484 e. The number of halogens is 1. The lowest BCUT2D eigenvalue weighted by atomic mass is 10.3. The highest BCUT2D eigenvalue weighted by Gasteiger charge is 2.30. The Hall–Kier alpha value is -3.68. The molecule has 1 fully saturated rings. The number of carbonyl (C=O) groups is 4. The van der Waals surface area contributed by atoms with Gasteiger partial charge in [0.15, 0.2) is 6.61 Å². The maximum Gasteiger partial charge on any atom is 0.414 e. The van der Waals surface area contributed by atoms with Crippen LogP contribution in [0.5, 0.6) is 5.75 Å². The van der Waals surface area contributed by atoms with Crippen molar-refractivity contribution >= 4 is 51.1 Å². The molecule has 0 atom stereocenters. The molecule has 0 spiro atoms. The molecule has 3 rings (SSSR count). The molecule has 0 aliphatic carbocycles. The fourth-order valence-electron chi connectivity index (χ4n) is 3.01. The molecule has 2 aromatic carbocycles. The summed E-state index contributed by atoms with van der Waals surface area (Å²) in [6.07, 6.45) is 0. The number of carboxylic acids is 2.